The van der Waals surface area contributed by atoms with E-state index in [0.717, 1.165) is 30.3 Å². The third kappa shape index (κ3) is 2.30. The molecule has 2 unspecified atom stereocenters. The largest absolute Gasteiger partial charge is 0.486 e. The maximum atomic E-state index is 5.96. The van der Waals surface area contributed by atoms with E-state index in [2.05, 4.69) is 16.3 Å². The van der Waals surface area contributed by atoms with Gasteiger partial charge in [0.2, 0.25) is 0 Å². The van der Waals surface area contributed by atoms with Crippen molar-refractivity contribution in [1.82, 2.24) is 5.32 Å². The minimum absolute atomic E-state index is 0.172. The van der Waals surface area contributed by atoms with E-state index in [1.807, 2.05) is 12.1 Å². The molecule has 6 nitrogen and oxygen atoms in total. The predicted molar refractivity (Wildman–Crippen MR) is 78.5 cm³/mol. The van der Waals surface area contributed by atoms with Gasteiger partial charge in [0.05, 0.1) is 11.7 Å². The molecule has 0 radical (unpaired) electrons. The Morgan fingerprint density at radius 1 is 1.20 bits per heavy atom. The van der Waals surface area contributed by atoms with Gasteiger partial charge in [0.15, 0.2) is 11.5 Å². The third-order valence-electron chi connectivity index (χ3n) is 3.97. The topological polar surface area (TPSA) is 85.8 Å². The third-order valence-corrected chi connectivity index (χ3v) is 3.97. The number of rotatable bonds is 3. The van der Waals surface area contributed by atoms with E-state index in [1.165, 1.54) is 0 Å². The van der Waals surface area contributed by atoms with E-state index in [4.69, 9.17) is 20.9 Å². The maximum Gasteiger partial charge on any atom is 0.184 e. The quantitative estimate of drug-likeness (QED) is 0.692. The highest BCUT2D eigenvalue weighted by Crippen LogP contribution is 2.40. The van der Waals surface area contributed by atoms with Gasteiger partial charge < -0.3 is 31.2 Å². The van der Waals surface area contributed by atoms with E-state index in [9.17, 15) is 0 Å². The Bertz CT molecular complexity index is 468. The lowest BCUT2D eigenvalue weighted by Gasteiger charge is -2.43. The Balaban J connectivity index is 1.94. The number of benzene rings is 1. The molecule has 2 heterocycles. The second-order valence-corrected chi connectivity index (χ2v) is 5.09. The number of hydrogen-bond acceptors (Lipinski definition) is 6. The molecular formula is C14H22N4O2. The summed E-state index contributed by atoms with van der Waals surface area (Å²) >= 11 is 0. The number of anilines is 1. The van der Waals surface area contributed by atoms with E-state index in [0.29, 0.717) is 26.3 Å². The van der Waals surface area contributed by atoms with E-state index in [1.54, 1.807) is 0 Å². The molecule has 2 aliphatic heterocycles. The zero-order valence-corrected chi connectivity index (χ0v) is 11.5. The molecule has 0 spiro atoms. The van der Waals surface area contributed by atoms with Gasteiger partial charge in [-0.05, 0) is 12.1 Å². The summed E-state index contributed by atoms with van der Waals surface area (Å²) in [5.41, 5.74) is 12.9. The fourth-order valence-electron chi connectivity index (χ4n) is 3.00. The zero-order chi connectivity index (χ0) is 13.9. The van der Waals surface area contributed by atoms with Crippen LogP contribution in [0.4, 0.5) is 5.69 Å². The van der Waals surface area contributed by atoms with E-state index < -0.39 is 0 Å². The van der Waals surface area contributed by atoms with Gasteiger partial charge in [0.25, 0.3) is 0 Å². The molecule has 110 valence electrons. The highest BCUT2D eigenvalue weighted by molar-refractivity contribution is 5.66. The van der Waals surface area contributed by atoms with Crippen LogP contribution in [0, 0.1) is 0 Å². The molecule has 1 saturated heterocycles. The number of nitrogens with zero attached hydrogens (tertiary/aromatic N) is 1. The van der Waals surface area contributed by atoms with Gasteiger partial charge in [-0.1, -0.05) is 6.07 Å². The first-order valence-electron chi connectivity index (χ1n) is 7.14. The van der Waals surface area contributed by atoms with Crippen molar-refractivity contribution in [2.24, 2.45) is 11.5 Å². The van der Waals surface area contributed by atoms with E-state index in [-0.39, 0.29) is 12.1 Å². The molecule has 0 aromatic heterocycles. The molecule has 2 aliphatic rings. The van der Waals surface area contributed by atoms with Crippen LogP contribution >= 0.6 is 0 Å². The lowest BCUT2D eigenvalue weighted by molar-refractivity contribution is 0.171. The fourth-order valence-corrected chi connectivity index (χ4v) is 3.00. The Morgan fingerprint density at radius 2 is 2.05 bits per heavy atom. The number of piperazine rings is 1. The number of hydrogen-bond donors (Lipinski definition) is 3. The van der Waals surface area contributed by atoms with Crippen LogP contribution in [0.15, 0.2) is 18.2 Å². The van der Waals surface area contributed by atoms with Crippen LogP contribution in [0.1, 0.15) is 0 Å². The van der Waals surface area contributed by atoms with Crippen molar-refractivity contribution in [3.63, 3.8) is 0 Å². The second-order valence-electron chi connectivity index (χ2n) is 5.09. The van der Waals surface area contributed by atoms with Gasteiger partial charge in [0, 0.05) is 32.2 Å². The monoisotopic (exact) mass is 278 g/mol. The highest BCUT2D eigenvalue weighted by atomic mass is 16.6. The standard InChI is InChI=1S/C14H22N4O2/c15-8-10-12(9-16)18(5-4-17-10)11-2-1-3-13-14(11)20-7-6-19-13/h1-3,10,12,17H,4-9,15-16H2. The smallest absolute Gasteiger partial charge is 0.184 e. The molecule has 0 bridgehead atoms. The number of nitrogens with two attached hydrogens (primary N) is 2. The van der Waals surface area contributed by atoms with Crippen molar-refractivity contribution in [1.29, 1.82) is 0 Å². The minimum Gasteiger partial charge on any atom is -0.486 e. The average Bonchev–Trinajstić information content (AvgIpc) is 2.53. The predicted octanol–water partition coefficient (Wildman–Crippen LogP) is -0.478. The van der Waals surface area contributed by atoms with Crippen molar-refractivity contribution in [2.75, 3.05) is 44.3 Å². The summed E-state index contributed by atoms with van der Waals surface area (Å²) in [7, 11) is 0. The normalized spacial score (nSPS) is 25.6. The zero-order valence-electron chi connectivity index (χ0n) is 11.5. The van der Waals surface area contributed by atoms with Crippen LogP contribution in [-0.2, 0) is 0 Å². The molecule has 0 amide bonds. The van der Waals surface area contributed by atoms with Gasteiger partial charge in [-0.3, -0.25) is 0 Å². The SMILES string of the molecule is NCC1NCCN(c2cccc3c2OCCO3)C1CN. The lowest BCUT2D eigenvalue weighted by atomic mass is 10.0. The Morgan fingerprint density at radius 3 is 2.85 bits per heavy atom. The summed E-state index contributed by atoms with van der Waals surface area (Å²) in [4.78, 5) is 2.29. The van der Waals surface area contributed by atoms with Gasteiger partial charge in [0.1, 0.15) is 13.2 Å². The first kappa shape index (κ1) is 13.5. The van der Waals surface area contributed by atoms with Crippen LogP contribution in [0.5, 0.6) is 11.5 Å². The summed E-state index contributed by atoms with van der Waals surface area (Å²) in [6.07, 6.45) is 0. The first-order valence-corrected chi connectivity index (χ1v) is 7.14. The summed E-state index contributed by atoms with van der Waals surface area (Å²) in [6, 6.07) is 6.38. The number of nitrogens with one attached hydrogen (secondary N) is 1. The molecule has 6 heteroatoms. The summed E-state index contributed by atoms with van der Waals surface area (Å²) in [6.45, 7) is 4.10. The molecule has 0 saturated carbocycles. The van der Waals surface area contributed by atoms with Crippen LogP contribution in [0.2, 0.25) is 0 Å². The Labute approximate surface area is 119 Å². The molecule has 0 aliphatic carbocycles. The Hall–Kier alpha value is -1.50. The van der Waals surface area contributed by atoms with Crippen LogP contribution in [0.3, 0.4) is 0 Å². The molecule has 1 aromatic rings. The molecule has 1 aromatic carbocycles. The van der Waals surface area contributed by atoms with Gasteiger partial charge in [-0.2, -0.15) is 0 Å². The van der Waals surface area contributed by atoms with Crippen molar-refractivity contribution in [3.05, 3.63) is 18.2 Å². The van der Waals surface area contributed by atoms with Crippen LogP contribution in [0.25, 0.3) is 0 Å². The van der Waals surface area contributed by atoms with Crippen molar-refractivity contribution >= 4 is 5.69 Å². The van der Waals surface area contributed by atoms with Crippen molar-refractivity contribution in [2.45, 2.75) is 12.1 Å². The fraction of sp³-hybridized carbons (Fsp3) is 0.571. The molecule has 20 heavy (non-hydrogen) atoms. The summed E-state index contributed by atoms with van der Waals surface area (Å²) in [5.74, 6) is 1.64. The lowest BCUT2D eigenvalue weighted by Crippen LogP contribution is -2.63. The molecule has 5 N–H and O–H groups in total. The first-order chi connectivity index (χ1) is 9.85. The van der Waals surface area contributed by atoms with Crippen LogP contribution < -0.4 is 31.2 Å². The van der Waals surface area contributed by atoms with Crippen molar-refractivity contribution in [3.8, 4) is 11.5 Å². The molecule has 2 atom stereocenters. The highest BCUT2D eigenvalue weighted by Gasteiger charge is 2.32. The van der Waals surface area contributed by atoms with E-state index >= 15 is 0 Å². The Kier molecular flexibility index (Phi) is 3.95. The number of fused-ring (bicyclic) bond motifs is 1. The van der Waals surface area contributed by atoms with Crippen molar-refractivity contribution < 1.29 is 9.47 Å². The van der Waals surface area contributed by atoms with Gasteiger partial charge >= 0.3 is 0 Å². The maximum absolute atomic E-state index is 5.96. The average molecular weight is 278 g/mol. The van der Waals surface area contributed by atoms with Crippen LogP contribution in [-0.4, -0.2) is 51.5 Å². The second kappa shape index (κ2) is 5.87. The summed E-state index contributed by atoms with van der Waals surface area (Å²) in [5, 5.41) is 3.43. The minimum atomic E-state index is 0.172. The van der Waals surface area contributed by atoms with Gasteiger partial charge in [-0.15, -0.1) is 0 Å². The summed E-state index contributed by atoms with van der Waals surface area (Å²) < 4.78 is 11.5. The molecule has 1 fully saturated rings. The van der Waals surface area contributed by atoms with Gasteiger partial charge in [-0.25, -0.2) is 0 Å². The molecule has 3 rings (SSSR count). The molecular weight excluding hydrogens is 256 g/mol. The number of para-hydroxylation sites is 1. The number of ether oxygens (including phenoxy) is 2.